The highest BCUT2D eigenvalue weighted by atomic mass is 16.7. The van der Waals surface area contributed by atoms with Crippen LogP contribution < -0.4 is 15.2 Å². The number of ether oxygens (including phenoxy) is 1. The number of piperidine rings is 1. The van der Waals surface area contributed by atoms with Crippen molar-refractivity contribution in [1.29, 1.82) is 0 Å². The summed E-state index contributed by atoms with van der Waals surface area (Å²) < 4.78 is 4.51. The number of carboxylic acid groups (broad SMARTS) is 1. The number of likely N-dealkylation sites (N-methyl/N-ethyl adjacent to an activating group) is 1. The van der Waals surface area contributed by atoms with Gasteiger partial charge in [0.15, 0.2) is 5.75 Å². The lowest BCUT2D eigenvalue weighted by molar-refractivity contribution is 0.142. The number of fused-ring (bicyclic) bond motifs is 3. The van der Waals surface area contributed by atoms with Crippen LogP contribution in [0, 0.1) is 0 Å². The third-order valence-electron chi connectivity index (χ3n) is 6.16. The Labute approximate surface area is 174 Å². The lowest BCUT2D eigenvalue weighted by Crippen LogP contribution is -2.45. The number of nitrogens with zero attached hydrogens (tertiary/aromatic N) is 2. The van der Waals surface area contributed by atoms with Crippen molar-refractivity contribution in [1.82, 2.24) is 9.88 Å². The van der Waals surface area contributed by atoms with Crippen molar-refractivity contribution in [2.45, 2.75) is 38.1 Å². The van der Waals surface area contributed by atoms with Gasteiger partial charge in [0.1, 0.15) is 0 Å². The Morgan fingerprint density at radius 1 is 1.27 bits per heavy atom. The van der Waals surface area contributed by atoms with E-state index in [0.717, 1.165) is 43.5 Å². The molecule has 0 bridgehead atoms. The van der Waals surface area contributed by atoms with Crippen molar-refractivity contribution in [3.8, 4) is 22.8 Å². The fourth-order valence-electron chi connectivity index (χ4n) is 4.56. The summed E-state index contributed by atoms with van der Waals surface area (Å²) in [5.41, 5.74) is 3.44. The molecule has 30 heavy (non-hydrogen) atoms. The van der Waals surface area contributed by atoms with Crippen molar-refractivity contribution in [3.05, 3.63) is 39.7 Å². The number of aromatic amines is 1. The van der Waals surface area contributed by atoms with Crippen LogP contribution in [0.5, 0.6) is 11.5 Å². The molecule has 1 aliphatic heterocycles. The number of nitrogens with one attached hydrogen (secondary N) is 1. The second kappa shape index (κ2) is 8.02. The molecule has 2 aromatic rings. The standard InChI is InChI=1S/C22H27N3O5/c1-24(2)15-6-4-10-25(12-15)14-8-9-16-13(11-14)5-3-7-17-18(16)23-21(27)20(19(17)26)30-22(28)29/h8-9,11,15H,3-7,10,12H2,1-2H3,(H,28,29)(H2,23,26,27). The molecule has 0 saturated carbocycles. The summed E-state index contributed by atoms with van der Waals surface area (Å²) in [6, 6.07) is 6.75. The number of aromatic nitrogens is 1. The molecule has 8 nitrogen and oxygen atoms in total. The molecule has 1 saturated heterocycles. The number of carbonyl (C=O) groups is 1. The molecular formula is C22H27N3O5. The topological polar surface area (TPSA) is 106 Å². The van der Waals surface area contributed by atoms with Crippen molar-refractivity contribution in [3.63, 3.8) is 0 Å². The number of benzene rings is 1. The van der Waals surface area contributed by atoms with Crippen LogP contribution in [0.4, 0.5) is 10.5 Å². The predicted octanol–water partition coefficient (Wildman–Crippen LogP) is 2.82. The van der Waals surface area contributed by atoms with E-state index in [-0.39, 0.29) is 0 Å². The molecule has 1 aliphatic carbocycles. The first-order chi connectivity index (χ1) is 14.3. The quantitative estimate of drug-likeness (QED) is 0.665. The fraction of sp³-hybridized carbons (Fsp3) is 0.455. The van der Waals surface area contributed by atoms with Crippen molar-refractivity contribution >= 4 is 11.8 Å². The Morgan fingerprint density at radius 3 is 2.80 bits per heavy atom. The number of H-pyrrole nitrogens is 1. The maximum Gasteiger partial charge on any atom is 0.511 e. The molecule has 1 fully saturated rings. The summed E-state index contributed by atoms with van der Waals surface area (Å²) in [6.45, 7) is 2.00. The minimum absolute atomic E-state index is 0.391. The number of aryl methyl sites for hydroxylation is 1. The van der Waals surface area contributed by atoms with Gasteiger partial charge in [0.2, 0.25) is 5.75 Å². The summed E-state index contributed by atoms with van der Waals surface area (Å²) in [5.74, 6) is -0.956. The molecule has 2 aliphatic rings. The summed E-state index contributed by atoms with van der Waals surface area (Å²) in [6.07, 6.45) is 2.81. The minimum atomic E-state index is -1.63. The van der Waals surface area contributed by atoms with Gasteiger partial charge in [-0.1, -0.05) is 6.07 Å². The van der Waals surface area contributed by atoms with Gasteiger partial charge in [0.05, 0.1) is 5.69 Å². The van der Waals surface area contributed by atoms with Crippen molar-refractivity contribution in [2.75, 3.05) is 32.1 Å². The van der Waals surface area contributed by atoms with E-state index in [1.165, 1.54) is 12.1 Å². The monoisotopic (exact) mass is 413 g/mol. The van der Waals surface area contributed by atoms with E-state index in [0.29, 0.717) is 23.7 Å². The normalized spacial score (nSPS) is 18.5. The largest absolute Gasteiger partial charge is 0.511 e. The van der Waals surface area contributed by atoms with Crippen LogP contribution in [0.25, 0.3) is 11.3 Å². The molecule has 8 heteroatoms. The Hall–Kier alpha value is -3.00. The van der Waals surface area contributed by atoms with Crippen LogP contribution >= 0.6 is 0 Å². The van der Waals surface area contributed by atoms with E-state index in [1.807, 2.05) is 6.07 Å². The van der Waals surface area contributed by atoms with Gasteiger partial charge in [0.25, 0.3) is 5.56 Å². The lowest BCUT2D eigenvalue weighted by atomic mass is 9.98. The van der Waals surface area contributed by atoms with E-state index in [1.54, 1.807) is 0 Å². The van der Waals surface area contributed by atoms with Gasteiger partial charge in [0, 0.05) is 35.9 Å². The first-order valence-corrected chi connectivity index (χ1v) is 10.3. The van der Waals surface area contributed by atoms with Crippen molar-refractivity contribution < 1.29 is 19.7 Å². The summed E-state index contributed by atoms with van der Waals surface area (Å²) in [5, 5.41) is 19.4. The van der Waals surface area contributed by atoms with Gasteiger partial charge < -0.3 is 29.7 Å². The number of pyridine rings is 1. The maximum absolute atomic E-state index is 12.4. The Kier molecular flexibility index (Phi) is 5.42. The number of aromatic hydroxyl groups is 1. The van der Waals surface area contributed by atoms with Crippen LogP contribution in [0.3, 0.4) is 0 Å². The smallest absolute Gasteiger partial charge is 0.504 e. The molecule has 1 unspecified atom stereocenters. The SMILES string of the molecule is CN(C)C1CCCN(c2ccc3c(c2)CCCc2c-3[nH]c(=O)c(OC(=O)O)c2O)C1. The van der Waals surface area contributed by atoms with Crippen LogP contribution in [0.2, 0.25) is 0 Å². The zero-order chi connectivity index (χ0) is 21.4. The first kappa shape index (κ1) is 20.3. The van der Waals surface area contributed by atoms with Crippen LogP contribution in [0.1, 0.15) is 30.4 Å². The average Bonchev–Trinajstić information content (AvgIpc) is 2.90. The van der Waals surface area contributed by atoms with Crippen LogP contribution in [-0.2, 0) is 12.8 Å². The Bertz CT molecular complexity index is 1030. The number of rotatable bonds is 3. The Balaban J connectivity index is 1.72. The van der Waals surface area contributed by atoms with Crippen molar-refractivity contribution in [2.24, 2.45) is 0 Å². The summed E-state index contributed by atoms with van der Waals surface area (Å²) >= 11 is 0. The third-order valence-corrected chi connectivity index (χ3v) is 6.16. The molecule has 3 N–H and O–H groups in total. The zero-order valence-electron chi connectivity index (χ0n) is 17.3. The lowest BCUT2D eigenvalue weighted by Gasteiger charge is -2.37. The first-order valence-electron chi connectivity index (χ1n) is 10.3. The molecule has 1 aromatic carbocycles. The van der Waals surface area contributed by atoms with E-state index < -0.39 is 23.2 Å². The van der Waals surface area contributed by atoms with E-state index >= 15 is 0 Å². The van der Waals surface area contributed by atoms with Gasteiger partial charge in [-0.2, -0.15) is 0 Å². The molecule has 2 heterocycles. The minimum Gasteiger partial charge on any atom is -0.504 e. The predicted molar refractivity (Wildman–Crippen MR) is 114 cm³/mol. The maximum atomic E-state index is 12.4. The number of anilines is 1. The third kappa shape index (κ3) is 3.75. The fourth-order valence-corrected chi connectivity index (χ4v) is 4.56. The molecule has 4 rings (SSSR count). The summed E-state index contributed by atoms with van der Waals surface area (Å²) in [7, 11) is 4.24. The van der Waals surface area contributed by atoms with E-state index in [2.05, 4.69) is 45.7 Å². The van der Waals surface area contributed by atoms with Gasteiger partial charge >= 0.3 is 6.16 Å². The van der Waals surface area contributed by atoms with Gasteiger partial charge in [-0.25, -0.2) is 4.79 Å². The van der Waals surface area contributed by atoms with E-state index in [9.17, 15) is 14.7 Å². The second-order valence-electron chi connectivity index (χ2n) is 8.25. The second-order valence-corrected chi connectivity index (χ2v) is 8.25. The number of hydrogen-bond donors (Lipinski definition) is 3. The van der Waals surface area contributed by atoms with Gasteiger partial charge in [-0.05, 0) is 63.9 Å². The molecule has 0 spiro atoms. The molecular weight excluding hydrogens is 386 g/mol. The van der Waals surface area contributed by atoms with Crippen LogP contribution in [0.15, 0.2) is 23.0 Å². The van der Waals surface area contributed by atoms with Gasteiger partial charge in [-0.15, -0.1) is 0 Å². The van der Waals surface area contributed by atoms with E-state index in [4.69, 9.17) is 5.11 Å². The highest BCUT2D eigenvalue weighted by Gasteiger charge is 2.26. The Morgan fingerprint density at radius 2 is 2.07 bits per heavy atom. The number of hydrogen-bond acceptors (Lipinski definition) is 6. The highest BCUT2D eigenvalue weighted by molar-refractivity contribution is 5.75. The molecule has 0 radical (unpaired) electrons. The van der Waals surface area contributed by atoms with Crippen LogP contribution in [-0.4, -0.2) is 59.5 Å². The summed E-state index contributed by atoms with van der Waals surface area (Å²) in [4.78, 5) is 30.7. The molecule has 1 aromatic heterocycles. The molecule has 160 valence electrons. The van der Waals surface area contributed by atoms with Gasteiger partial charge in [-0.3, -0.25) is 4.79 Å². The highest BCUT2D eigenvalue weighted by Crippen LogP contribution is 2.39. The zero-order valence-corrected chi connectivity index (χ0v) is 17.3. The average molecular weight is 413 g/mol. The molecule has 1 atom stereocenters. The molecule has 0 amide bonds.